The Morgan fingerprint density at radius 3 is 1.56 bits per heavy atom. The van der Waals surface area contributed by atoms with Crippen LogP contribution in [0.5, 0.6) is 40.2 Å². The Hall–Kier alpha value is -5.05. The minimum Gasteiger partial charge on any atom is -0.508 e. The maximum atomic E-state index is 11.3. The lowest BCUT2D eigenvalue weighted by Gasteiger charge is -2.21. The van der Waals surface area contributed by atoms with Crippen molar-refractivity contribution in [1.29, 1.82) is 0 Å². The summed E-state index contributed by atoms with van der Waals surface area (Å²) in [6, 6.07) is 21.7. The largest absolute Gasteiger partial charge is 0.513 e. The van der Waals surface area contributed by atoms with Crippen LogP contribution in [0.25, 0.3) is 0 Å². The summed E-state index contributed by atoms with van der Waals surface area (Å²) in [5.74, 6) is 4.04. The first kappa shape index (κ1) is 28.1. The fourth-order valence-electron chi connectivity index (χ4n) is 6.19. The predicted molar refractivity (Wildman–Crippen MR) is 157 cm³/mol. The molecule has 0 aliphatic carbocycles. The molecule has 0 bridgehead atoms. The molecule has 9 nitrogen and oxygen atoms in total. The van der Waals surface area contributed by atoms with E-state index in [1.54, 1.807) is 42.5 Å². The van der Waals surface area contributed by atoms with Crippen LogP contribution >= 0.6 is 0 Å². The van der Waals surface area contributed by atoms with Crippen LogP contribution in [-0.4, -0.2) is 49.9 Å². The van der Waals surface area contributed by atoms with Crippen molar-refractivity contribution < 1.29 is 43.4 Å². The van der Waals surface area contributed by atoms with E-state index < -0.39 is 11.6 Å². The highest BCUT2D eigenvalue weighted by Gasteiger charge is 2.50. The summed E-state index contributed by atoms with van der Waals surface area (Å²) in [6.45, 7) is 4.01. The van der Waals surface area contributed by atoms with Gasteiger partial charge in [-0.1, -0.05) is 25.1 Å². The number of hydrogen-bond acceptors (Lipinski definition) is 9. The number of methoxy groups -OCH3 is 1. The van der Waals surface area contributed by atoms with Crippen LogP contribution in [0.1, 0.15) is 35.2 Å². The Morgan fingerprint density at radius 2 is 1.07 bits per heavy atom. The number of hydrogen-bond donors (Lipinski definition) is 2. The predicted octanol–water partition coefficient (Wildman–Crippen LogP) is 6.02. The molecule has 1 atom stereocenters. The third-order valence-electron chi connectivity index (χ3n) is 8.34. The van der Waals surface area contributed by atoms with E-state index in [2.05, 4.69) is 17.7 Å². The SMILES string of the molecule is C.COC(=O)Oc1ccc2c(c1)C1(COc3ccc(C)cc31)CO2.Oc1ccc2c(c1)C1(CO2)COc2ccc(O)cc21. The molecule has 1 unspecified atom stereocenters. The summed E-state index contributed by atoms with van der Waals surface area (Å²) in [5.41, 5.74) is 4.31. The molecule has 0 fully saturated rings. The number of aryl methyl sites for hydroxylation is 1. The zero-order valence-electron chi connectivity index (χ0n) is 23.0. The van der Waals surface area contributed by atoms with Crippen LogP contribution in [0.4, 0.5) is 4.79 Å². The van der Waals surface area contributed by atoms with Gasteiger partial charge in [-0.3, -0.25) is 0 Å². The van der Waals surface area contributed by atoms with Crippen molar-refractivity contribution in [2.24, 2.45) is 0 Å². The summed E-state index contributed by atoms with van der Waals surface area (Å²) in [5, 5.41) is 19.4. The number of ether oxygens (including phenoxy) is 6. The average Bonchev–Trinajstić information content (AvgIpc) is 3.75. The highest BCUT2D eigenvalue weighted by Crippen LogP contribution is 2.53. The molecule has 4 aromatic rings. The van der Waals surface area contributed by atoms with E-state index in [9.17, 15) is 15.0 Å². The van der Waals surface area contributed by atoms with Gasteiger partial charge in [0.2, 0.25) is 0 Å². The Kier molecular flexibility index (Phi) is 6.76. The smallest absolute Gasteiger partial charge is 0.508 e. The van der Waals surface area contributed by atoms with Gasteiger partial charge in [0.15, 0.2) is 0 Å². The number of phenolic OH excluding ortho intramolecular Hbond substituents is 2. The summed E-state index contributed by atoms with van der Waals surface area (Å²) < 4.78 is 32.9. The molecule has 222 valence electrons. The van der Waals surface area contributed by atoms with Gasteiger partial charge >= 0.3 is 6.16 Å². The van der Waals surface area contributed by atoms with E-state index in [-0.39, 0.29) is 24.3 Å². The molecule has 8 rings (SSSR count). The lowest BCUT2D eigenvalue weighted by molar-refractivity contribution is 0.121. The lowest BCUT2D eigenvalue weighted by atomic mass is 9.77. The third kappa shape index (κ3) is 4.43. The number of benzene rings is 4. The summed E-state index contributed by atoms with van der Waals surface area (Å²) in [6.07, 6.45) is -0.739. The van der Waals surface area contributed by atoms with E-state index >= 15 is 0 Å². The van der Waals surface area contributed by atoms with E-state index in [4.69, 9.17) is 23.7 Å². The molecule has 0 saturated heterocycles. The minimum absolute atomic E-state index is 0. The van der Waals surface area contributed by atoms with Crippen LogP contribution in [0.3, 0.4) is 0 Å². The van der Waals surface area contributed by atoms with Gasteiger partial charge in [-0.15, -0.1) is 0 Å². The average molecular weight is 585 g/mol. The molecule has 0 saturated carbocycles. The molecule has 4 aliphatic heterocycles. The van der Waals surface area contributed by atoms with E-state index in [1.165, 1.54) is 12.7 Å². The Bertz CT molecular complexity index is 1670. The molecule has 4 heterocycles. The quantitative estimate of drug-likeness (QED) is 0.205. The van der Waals surface area contributed by atoms with Gasteiger partial charge in [-0.05, 0) is 67.6 Å². The molecule has 4 aromatic carbocycles. The van der Waals surface area contributed by atoms with Crippen LogP contribution in [0, 0.1) is 6.92 Å². The molecule has 0 amide bonds. The normalized spacial score (nSPS) is 18.7. The van der Waals surface area contributed by atoms with Gasteiger partial charge in [0, 0.05) is 22.3 Å². The van der Waals surface area contributed by atoms with Gasteiger partial charge in [0.25, 0.3) is 0 Å². The summed E-state index contributed by atoms with van der Waals surface area (Å²) in [7, 11) is 1.28. The highest BCUT2D eigenvalue weighted by atomic mass is 16.7. The van der Waals surface area contributed by atoms with Gasteiger partial charge in [0.1, 0.15) is 66.7 Å². The number of fused-ring (bicyclic) bond motifs is 8. The first-order valence-corrected chi connectivity index (χ1v) is 13.5. The standard InChI is InChI=1S/C18H16O5.C15H12O4.CH4/c1-11-3-5-15-13(7-11)18(9-21-15)10-22-16-6-4-12(8-14(16)18)23-17(19)20-2;16-9-1-3-13-11(5-9)15(7-18-13)8-19-14-4-2-10(17)6-12(14)15;/h3-8H,9-10H2,1-2H3;1-6,16-17H,7-8H2;1H4. The van der Waals surface area contributed by atoms with E-state index in [1.807, 2.05) is 24.3 Å². The third-order valence-corrected chi connectivity index (χ3v) is 8.34. The zero-order chi connectivity index (χ0) is 29.1. The minimum atomic E-state index is -0.739. The number of aromatic hydroxyl groups is 2. The second kappa shape index (κ2) is 10.3. The van der Waals surface area contributed by atoms with Crippen molar-refractivity contribution in [1.82, 2.24) is 0 Å². The number of phenols is 2. The summed E-state index contributed by atoms with van der Waals surface area (Å²) in [4.78, 5) is 11.3. The molecule has 2 spiro atoms. The van der Waals surface area contributed by atoms with Crippen LogP contribution < -0.4 is 23.7 Å². The van der Waals surface area contributed by atoms with Gasteiger partial charge in [-0.2, -0.15) is 0 Å². The molecule has 2 N–H and O–H groups in total. The van der Waals surface area contributed by atoms with Crippen LogP contribution in [-0.2, 0) is 15.6 Å². The zero-order valence-corrected chi connectivity index (χ0v) is 23.0. The number of rotatable bonds is 1. The van der Waals surface area contributed by atoms with Crippen molar-refractivity contribution in [3.05, 3.63) is 101 Å². The first-order valence-electron chi connectivity index (χ1n) is 13.5. The van der Waals surface area contributed by atoms with Crippen LogP contribution in [0.15, 0.2) is 72.8 Å². The van der Waals surface area contributed by atoms with E-state index in [0.29, 0.717) is 32.2 Å². The number of carbonyl (C=O) groups is 1. The monoisotopic (exact) mass is 584 g/mol. The Balaban J connectivity index is 0.000000152. The molecular weight excluding hydrogens is 552 g/mol. The van der Waals surface area contributed by atoms with Gasteiger partial charge in [-0.25, -0.2) is 4.79 Å². The van der Waals surface area contributed by atoms with Crippen LogP contribution in [0.2, 0.25) is 0 Å². The van der Waals surface area contributed by atoms with Crippen molar-refractivity contribution in [2.75, 3.05) is 33.5 Å². The lowest BCUT2D eigenvalue weighted by Crippen LogP contribution is -2.31. The van der Waals surface area contributed by atoms with Crippen molar-refractivity contribution in [3.8, 4) is 40.2 Å². The Labute approximate surface area is 249 Å². The fourth-order valence-corrected chi connectivity index (χ4v) is 6.19. The topological polar surface area (TPSA) is 113 Å². The maximum Gasteiger partial charge on any atom is 0.513 e. The fraction of sp³-hybridized carbons (Fsp3) is 0.265. The summed E-state index contributed by atoms with van der Waals surface area (Å²) >= 11 is 0. The van der Waals surface area contributed by atoms with Gasteiger partial charge in [0.05, 0.1) is 17.9 Å². The maximum absolute atomic E-state index is 11.3. The first-order chi connectivity index (χ1) is 20.3. The molecule has 4 aliphatic rings. The molecule has 43 heavy (non-hydrogen) atoms. The van der Waals surface area contributed by atoms with Gasteiger partial charge < -0.3 is 38.6 Å². The second-order valence-electron chi connectivity index (χ2n) is 10.9. The molecule has 9 heteroatoms. The highest BCUT2D eigenvalue weighted by molar-refractivity contribution is 5.66. The van der Waals surface area contributed by atoms with Crippen molar-refractivity contribution in [3.63, 3.8) is 0 Å². The molecule has 0 aromatic heterocycles. The Morgan fingerprint density at radius 1 is 0.651 bits per heavy atom. The molecule has 0 radical (unpaired) electrons. The molecular formula is C34H32O9. The second-order valence-corrected chi connectivity index (χ2v) is 10.9. The van der Waals surface area contributed by atoms with Crippen molar-refractivity contribution >= 4 is 6.16 Å². The van der Waals surface area contributed by atoms with E-state index in [0.717, 1.165) is 45.3 Å². The van der Waals surface area contributed by atoms with Crippen molar-refractivity contribution in [2.45, 2.75) is 25.2 Å². The number of carbonyl (C=O) groups excluding carboxylic acids is 1.